The van der Waals surface area contributed by atoms with Gasteiger partial charge in [0.2, 0.25) is 5.78 Å². The van der Waals surface area contributed by atoms with Crippen LogP contribution >= 0.6 is 0 Å². The van der Waals surface area contributed by atoms with Crippen molar-refractivity contribution in [1.29, 1.82) is 0 Å². The zero-order valence-corrected chi connectivity index (χ0v) is 19.8. The summed E-state index contributed by atoms with van der Waals surface area (Å²) in [4.78, 5) is 17.6. The molecule has 0 saturated heterocycles. The second kappa shape index (κ2) is 11.1. The molecule has 1 fully saturated rings. The molecule has 6 nitrogen and oxygen atoms in total. The monoisotopic (exact) mass is 461 g/mol. The largest absolute Gasteiger partial charge is 0.507 e. The zero-order chi connectivity index (χ0) is 23.9. The van der Waals surface area contributed by atoms with Crippen molar-refractivity contribution in [1.82, 2.24) is 0 Å². The summed E-state index contributed by atoms with van der Waals surface area (Å²) in [5.74, 6) is 1.71. The molecular weight excluding hydrogens is 430 g/mol. The number of ether oxygens (including phenoxy) is 1. The van der Waals surface area contributed by atoms with E-state index in [2.05, 4.69) is 29.4 Å². The van der Waals surface area contributed by atoms with Crippen molar-refractivity contribution in [3.63, 3.8) is 0 Å². The second-order valence-electron chi connectivity index (χ2n) is 8.83. The van der Waals surface area contributed by atoms with Crippen molar-refractivity contribution in [3.05, 3.63) is 82.8 Å². The van der Waals surface area contributed by atoms with E-state index in [-0.39, 0.29) is 23.9 Å². The second-order valence-corrected chi connectivity index (χ2v) is 8.83. The Morgan fingerprint density at radius 2 is 1.82 bits per heavy atom. The molecule has 0 amide bonds. The van der Waals surface area contributed by atoms with Crippen LogP contribution in [0.2, 0.25) is 0 Å². The lowest BCUT2D eigenvalue weighted by Gasteiger charge is -2.22. The molecule has 1 heterocycles. The molecule has 0 spiro atoms. The van der Waals surface area contributed by atoms with Crippen molar-refractivity contribution in [2.75, 3.05) is 6.61 Å². The average molecular weight is 462 g/mol. The number of carbonyl (C=O) groups excluding carboxylic acids is 1. The van der Waals surface area contributed by atoms with Crippen LogP contribution in [0.25, 0.3) is 0 Å². The third kappa shape index (κ3) is 6.07. The summed E-state index contributed by atoms with van der Waals surface area (Å²) in [6.45, 7) is 3.72. The Balaban J connectivity index is 1.29. The smallest absolute Gasteiger partial charge is 0.235 e. The van der Waals surface area contributed by atoms with E-state index in [9.17, 15) is 9.90 Å². The van der Waals surface area contributed by atoms with Crippen LogP contribution in [0.4, 0.5) is 0 Å². The van der Waals surface area contributed by atoms with Gasteiger partial charge in [0.05, 0.1) is 5.71 Å². The molecule has 0 bridgehead atoms. The Morgan fingerprint density at radius 3 is 2.50 bits per heavy atom. The van der Waals surface area contributed by atoms with E-state index in [1.54, 1.807) is 38.1 Å². The van der Waals surface area contributed by atoms with Crippen LogP contribution < -0.4 is 4.74 Å². The minimum absolute atomic E-state index is 0.000442. The van der Waals surface area contributed by atoms with Crippen molar-refractivity contribution in [2.24, 2.45) is 5.16 Å². The van der Waals surface area contributed by atoms with Crippen LogP contribution in [-0.2, 0) is 11.4 Å². The number of benzene rings is 2. The number of rotatable bonds is 9. The third-order valence-electron chi connectivity index (χ3n) is 6.23. The first-order valence-corrected chi connectivity index (χ1v) is 11.8. The summed E-state index contributed by atoms with van der Waals surface area (Å²) < 4.78 is 10.8. The van der Waals surface area contributed by atoms with Crippen molar-refractivity contribution >= 4 is 11.5 Å². The van der Waals surface area contributed by atoms with Gasteiger partial charge in [-0.2, -0.15) is 0 Å². The minimum Gasteiger partial charge on any atom is -0.507 e. The average Bonchev–Trinajstić information content (AvgIpc) is 3.30. The van der Waals surface area contributed by atoms with Gasteiger partial charge in [0.25, 0.3) is 0 Å². The molecule has 0 aliphatic heterocycles. The van der Waals surface area contributed by atoms with E-state index in [4.69, 9.17) is 14.0 Å². The van der Waals surface area contributed by atoms with E-state index in [1.807, 2.05) is 0 Å². The number of nitrogens with zero attached hydrogens (tertiary/aromatic N) is 1. The Morgan fingerprint density at radius 1 is 1.06 bits per heavy atom. The summed E-state index contributed by atoms with van der Waals surface area (Å²) in [5.41, 5.74) is 3.55. The molecule has 3 aromatic rings. The fourth-order valence-corrected chi connectivity index (χ4v) is 4.29. The van der Waals surface area contributed by atoms with Crippen LogP contribution in [0.5, 0.6) is 11.5 Å². The Bertz CT molecular complexity index is 1140. The summed E-state index contributed by atoms with van der Waals surface area (Å²) in [7, 11) is 0. The highest BCUT2D eigenvalue weighted by atomic mass is 16.6. The van der Waals surface area contributed by atoms with Gasteiger partial charge in [-0.15, -0.1) is 0 Å². The molecule has 6 heteroatoms. The van der Waals surface area contributed by atoms with Gasteiger partial charge in [-0.3, -0.25) is 4.79 Å². The molecule has 1 saturated carbocycles. The molecular formula is C28H31NO5. The topological polar surface area (TPSA) is 81.3 Å². The Hall–Kier alpha value is -3.54. The maximum absolute atomic E-state index is 12.1. The fraction of sp³-hybridized carbons (Fsp3) is 0.357. The minimum atomic E-state index is -0.269. The maximum atomic E-state index is 12.1. The highest BCUT2D eigenvalue weighted by Gasteiger charge is 2.15. The zero-order valence-electron chi connectivity index (χ0n) is 19.8. The van der Waals surface area contributed by atoms with E-state index in [0.29, 0.717) is 35.3 Å². The first-order chi connectivity index (χ1) is 16.5. The molecule has 34 heavy (non-hydrogen) atoms. The highest BCUT2D eigenvalue weighted by molar-refractivity contribution is 6.00. The van der Waals surface area contributed by atoms with Gasteiger partial charge in [0, 0.05) is 11.6 Å². The van der Waals surface area contributed by atoms with Crippen molar-refractivity contribution < 1.29 is 23.9 Å². The first kappa shape index (κ1) is 23.6. The number of furan rings is 1. The highest BCUT2D eigenvalue weighted by Crippen LogP contribution is 2.32. The lowest BCUT2D eigenvalue weighted by Crippen LogP contribution is -2.10. The lowest BCUT2D eigenvalue weighted by atomic mass is 9.84. The lowest BCUT2D eigenvalue weighted by molar-refractivity contribution is 0.0892. The quantitative estimate of drug-likeness (QED) is 0.222. The van der Waals surface area contributed by atoms with Gasteiger partial charge in [0.1, 0.15) is 23.9 Å². The summed E-state index contributed by atoms with van der Waals surface area (Å²) >= 11 is 0. The summed E-state index contributed by atoms with van der Waals surface area (Å²) in [5, 5.41) is 14.6. The molecule has 0 unspecified atom stereocenters. The standard InChI is InChI=1S/C28H31NO5/c1-19-8-15-28(34-19)27(31)18-32-24-13-14-25(26(30)16-24)20(2)29-33-17-21-9-11-23(12-10-21)22-6-4-3-5-7-22/h8-16,22,30H,3-7,17-18H2,1-2H3. The van der Waals surface area contributed by atoms with E-state index in [1.165, 1.54) is 43.7 Å². The molecule has 1 aromatic heterocycles. The van der Waals surface area contributed by atoms with Gasteiger partial charge in [-0.1, -0.05) is 48.7 Å². The molecule has 0 atom stereocenters. The van der Waals surface area contributed by atoms with Gasteiger partial charge in [0.15, 0.2) is 12.4 Å². The Labute approximate surface area is 200 Å². The number of aromatic hydroxyl groups is 1. The van der Waals surface area contributed by atoms with Gasteiger partial charge < -0.3 is 19.1 Å². The first-order valence-electron chi connectivity index (χ1n) is 11.8. The molecule has 0 radical (unpaired) electrons. The number of oxime groups is 1. The van der Waals surface area contributed by atoms with Crippen LogP contribution in [0.1, 0.15) is 78.0 Å². The molecule has 1 N–H and O–H groups in total. The summed E-state index contributed by atoms with van der Waals surface area (Å²) in [6, 6.07) is 16.8. The van der Waals surface area contributed by atoms with Gasteiger partial charge in [-0.05, 0) is 68.0 Å². The predicted molar refractivity (Wildman–Crippen MR) is 131 cm³/mol. The molecule has 1 aliphatic rings. The number of ketones is 1. The number of hydrogen-bond acceptors (Lipinski definition) is 6. The maximum Gasteiger partial charge on any atom is 0.235 e. The number of hydrogen-bond donors (Lipinski definition) is 1. The molecule has 1 aliphatic carbocycles. The third-order valence-corrected chi connectivity index (χ3v) is 6.23. The van der Waals surface area contributed by atoms with E-state index in [0.717, 1.165) is 5.56 Å². The SMILES string of the molecule is CC(=NOCc1ccc(C2CCCCC2)cc1)c1ccc(OCC(=O)c2ccc(C)o2)cc1O. The number of Topliss-reactive ketones (excluding diaryl/α,β-unsaturated/α-hetero) is 1. The van der Waals surface area contributed by atoms with E-state index >= 15 is 0 Å². The van der Waals surface area contributed by atoms with Crippen LogP contribution in [0.3, 0.4) is 0 Å². The Kier molecular flexibility index (Phi) is 7.68. The number of carbonyl (C=O) groups is 1. The molecule has 178 valence electrons. The van der Waals surface area contributed by atoms with Gasteiger partial charge in [-0.25, -0.2) is 0 Å². The molecule has 2 aromatic carbocycles. The van der Waals surface area contributed by atoms with Crippen molar-refractivity contribution in [3.8, 4) is 11.5 Å². The normalized spacial score (nSPS) is 14.7. The predicted octanol–water partition coefficient (Wildman–Crippen LogP) is 6.54. The number of phenolic OH excluding ortho intramolecular Hbond substituents is 1. The van der Waals surface area contributed by atoms with Crippen LogP contribution in [0, 0.1) is 6.92 Å². The number of phenols is 1. The fourth-order valence-electron chi connectivity index (χ4n) is 4.29. The van der Waals surface area contributed by atoms with Crippen LogP contribution in [-0.4, -0.2) is 23.2 Å². The van der Waals surface area contributed by atoms with Crippen LogP contribution in [0.15, 0.2) is 64.2 Å². The number of aryl methyl sites for hydroxylation is 1. The summed E-state index contributed by atoms with van der Waals surface area (Å²) in [6.07, 6.45) is 6.58. The molecule has 4 rings (SSSR count). The van der Waals surface area contributed by atoms with Crippen molar-refractivity contribution in [2.45, 2.75) is 58.5 Å². The van der Waals surface area contributed by atoms with E-state index < -0.39 is 0 Å². The van der Waals surface area contributed by atoms with Gasteiger partial charge >= 0.3 is 0 Å².